The molecular formula is C21H33N. The quantitative estimate of drug-likeness (QED) is 0.763. The van der Waals surface area contributed by atoms with Gasteiger partial charge in [-0.15, -0.1) is 0 Å². The molecule has 22 heavy (non-hydrogen) atoms. The van der Waals surface area contributed by atoms with Crippen LogP contribution in [0.4, 0.5) is 0 Å². The van der Waals surface area contributed by atoms with Gasteiger partial charge in [0.25, 0.3) is 0 Å². The number of benzene rings is 1. The maximum Gasteiger partial charge on any atom is 0.00201 e. The molecule has 1 aliphatic carbocycles. The summed E-state index contributed by atoms with van der Waals surface area (Å²) in [5.41, 5.74) is 3.67. The summed E-state index contributed by atoms with van der Waals surface area (Å²) in [6, 6.07) is 9.55. The number of nitrogens with one attached hydrogen (secondary N) is 1. The molecule has 0 amide bonds. The second kappa shape index (κ2) is 6.74. The van der Waals surface area contributed by atoms with E-state index in [2.05, 4.69) is 50.4 Å². The Morgan fingerprint density at radius 1 is 0.909 bits per heavy atom. The Morgan fingerprint density at radius 3 is 2.18 bits per heavy atom. The van der Waals surface area contributed by atoms with Gasteiger partial charge in [-0.25, -0.2) is 0 Å². The Balaban J connectivity index is 1.66. The Bertz CT molecular complexity index is 471. The van der Waals surface area contributed by atoms with Crippen molar-refractivity contribution in [3.63, 3.8) is 0 Å². The van der Waals surface area contributed by atoms with Gasteiger partial charge in [-0.1, -0.05) is 45.0 Å². The van der Waals surface area contributed by atoms with Crippen molar-refractivity contribution in [3.8, 4) is 0 Å². The summed E-state index contributed by atoms with van der Waals surface area (Å²) < 4.78 is 0. The predicted octanol–water partition coefficient (Wildman–Crippen LogP) is 5.47. The van der Waals surface area contributed by atoms with Crippen LogP contribution in [0, 0.1) is 11.3 Å². The van der Waals surface area contributed by atoms with Crippen molar-refractivity contribution in [2.24, 2.45) is 11.3 Å². The van der Waals surface area contributed by atoms with Crippen LogP contribution in [0.2, 0.25) is 0 Å². The van der Waals surface area contributed by atoms with Crippen LogP contribution >= 0.6 is 0 Å². The van der Waals surface area contributed by atoms with E-state index in [1.165, 1.54) is 51.6 Å². The molecule has 1 aromatic rings. The van der Waals surface area contributed by atoms with Crippen LogP contribution in [-0.4, -0.2) is 13.1 Å². The largest absolute Gasteiger partial charge is 0.316 e. The van der Waals surface area contributed by atoms with Gasteiger partial charge in [-0.3, -0.25) is 0 Å². The van der Waals surface area contributed by atoms with E-state index in [1.807, 2.05) is 0 Å². The molecule has 0 aromatic heterocycles. The summed E-state index contributed by atoms with van der Waals surface area (Å²) in [7, 11) is 0. The minimum absolute atomic E-state index is 0.487. The van der Waals surface area contributed by atoms with Crippen LogP contribution in [-0.2, 0) is 0 Å². The van der Waals surface area contributed by atoms with Gasteiger partial charge in [0.15, 0.2) is 0 Å². The minimum atomic E-state index is 0.487. The van der Waals surface area contributed by atoms with Crippen molar-refractivity contribution >= 4 is 0 Å². The fourth-order valence-electron chi connectivity index (χ4n) is 4.50. The molecule has 0 radical (unpaired) electrons. The van der Waals surface area contributed by atoms with Gasteiger partial charge in [0.05, 0.1) is 0 Å². The zero-order chi connectivity index (χ0) is 15.6. The van der Waals surface area contributed by atoms with Gasteiger partial charge in [0, 0.05) is 6.54 Å². The van der Waals surface area contributed by atoms with Crippen molar-refractivity contribution in [1.82, 2.24) is 5.32 Å². The highest BCUT2D eigenvalue weighted by molar-refractivity contribution is 5.30. The molecule has 1 aliphatic heterocycles. The first kappa shape index (κ1) is 16.1. The molecule has 1 heteroatoms. The van der Waals surface area contributed by atoms with Crippen molar-refractivity contribution in [2.75, 3.05) is 13.1 Å². The van der Waals surface area contributed by atoms with Crippen molar-refractivity contribution in [2.45, 2.75) is 71.1 Å². The molecule has 1 saturated carbocycles. The highest BCUT2D eigenvalue weighted by Crippen LogP contribution is 2.43. The minimum Gasteiger partial charge on any atom is -0.316 e. The van der Waals surface area contributed by atoms with Gasteiger partial charge in [0.1, 0.15) is 0 Å². The predicted molar refractivity (Wildman–Crippen MR) is 95.4 cm³/mol. The standard InChI is InChI=1S/C21H33N/c1-21(2,3)20-11-9-16(10-12-20)17-6-4-7-18(14-17)19-8-5-13-22-15-19/h4,6-7,14,16,19-20,22H,5,8-13,15H2,1-3H3. The molecule has 1 N–H and O–H groups in total. The van der Waals surface area contributed by atoms with E-state index in [9.17, 15) is 0 Å². The third-order valence-corrected chi connectivity index (χ3v) is 6.10. The lowest BCUT2D eigenvalue weighted by atomic mass is 9.68. The molecule has 0 spiro atoms. The van der Waals surface area contributed by atoms with Crippen LogP contribution < -0.4 is 5.32 Å². The molecule has 1 nitrogen and oxygen atoms in total. The summed E-state index contributed by atoms with van der Waals surface area (Å²) >= 11 is 0. The summed E-state index contributed by atoms with van der Waals surface area (Å²) in [6.07, 6.45) is 8.26. The lowest BCUT2D eigenvalue weighted by Gasteiger charge is -2.37. The topological polar surface area (TPSA) is 12.0 Å². The van der Waals surface area contributed by atoms with E-state index in [4.69, 9.17) is 0 Å². The fourth-order valence-corrected chi connectivity index (χ4v) is 4.50. The van der Waals surface area contributed by atoms with Gasteiger partial charge < -0.3 is 5.32 Å². The normalized spacial score (nSPS) is 30.2. The number of hydrogen-bond acceptors (Lipinski definition) is 1. The van der Waals surface area contributed by atoms with Crippen molar-refractivity contribution in [1.29, 1.82) is 0 Å². The van der Waals surface area contributed by atoms with Crippen LogP contribution in [0.5, 0.6) is 0 Å². The van der Waals surface area contributed by atoms with Gasteiger partial charge in [-0.2, -0.15) is 0 Å². The monoisotopic (exact) mass is 299 g/mol. The molecule has 1 unspecified atom stereocenters. The third kappa shape index (κ3) is 3.74. The number of rotatable bonds is 2. The Labute approximate surface area is 136 Å². The van der Waals surface area contributed by atoms with E-state index in [1.54, 1.807) is 11.1 Å². The average molecular weight is 300 g/mol. The van der Waals surface area contributed by atoms with Gasteiger partial charge >= 0.3 is 0 Å². The Kier molecular flexibility index (Phi) is 4.92. The van der Waals surface area contributed by atoms with Crippen LogP contribution in [0.3, 0.4) is 0 Å². The van der Waals surface area contributed by atoms with Crippen molar-refractivity contribution < 1.29 is 0 Å². The molecule has 0 bridgehead atoms. The van der Waals surface area contributed by atoms with Gasteiger partial charge in [0.2, 0.25) is 0 Å². The zero-order valence-corrected chi connectivity index (χ0v) is 14.7. The van der Waals surface area contributed by atoms with E-state index in [0.717, 1.165) is 17.8 Å². The first-order chi connectivity index (χ1) is 10.5. The third-order valence-electron chi connectivity index (χ3n) is 6.10. The molecule has 2 aliphatic rings. The van der Waals surface area contributed by atoms with Gasteiger partial charge in [-0.05, 0) is 79.4 Å². The van der Waals surface area contributed by atoms with E-state index < -0.39 is 0 Å². The molecule has 1 heterocycles. The van der Waals surface area contributed by atoms with Crippen LogP contribution in [0.15, 0.2) is 24.3 Å². The fraction of sp³-hybridized carbons (Fsp3) is 0.714. The molecule has 1 atom stereocenters. The van der Waals surface area contributed by atoms with Crippen LogP contribution in [0.25, 0.3) is 0 Å². The summed E-state index contributed by atoms with van der Waals surface area (Å²) in [5.74, 6) is 2.45. The molecular weight excluding hydrogens is 266 g/mol. The van der Waals surface area contributed by atoms with E-state index in [0.29, 0.717) is 5.41 Å². The lowest BCUT2D eigenvalue weighted by molar-refractivity contribution is 0.169. The first-order valence-corrected chi connectivity index (χ1v) is 9.34. The number of hydrogen-bond donors (Lipinski definition) is 1. The molecule has 122 valence electrons. The highest BCUT2D eigenvalue weighted by atomic mass is 14.9. The molecule has 1 aromatic carbocycles. The summed E-state index contributed by atoms with van der Waals surface area (Å²) in [4.78, 5) is 0. The first-order valence-electron chi connectivity index (χ1n) is 9.34. The second-order valence-electron chi connectivity index (χ2n) is 8.63. The lowest BCUT2D eigenvalue weighted by Crippen LogP contribution is -2.28. The zero-order valence-electron chi connectivity index (χ0n) is 14.7. The highest BCUT2D eigenvalue weighted by Gasteiger charge is 2.30. The second-order valence-corrected chi connectivity index (χ2v) is 8.63. The summed E-state index contributed by atoms with van der Waals surface area (Å²) in [5, 5.41) is 3.55. The Hall–Kier alpha value is -0.820. The average Bonchev–Trinajstić information content (AvgIpc) is 2.55. The smallest absolute Gasteiger partial charge is 0.00201 e. The van der Waals surface area contributed by atoms with E-state index in [-0.39, 0.29) is 0 Å². The molecule has 3 rings (SSSR count). The molecule has 1 saturated heterocycles. The van der Waals surface area contributed by atoms with E-state index >= 15 is 0 Å². The maximum absolute atomic E-state index is 3.55. The molecule has 2 fully saturated rings. The SMILES string of the molecule is CC(C)(C)C1CCC(c2cccc(C3CCCNC3)c2)CC1. The number of piperidine rings is 1. The van der Waals surface area contributed by atoms with Crippen molar-refractivity contribution in [3.05, 3.63) is 35.4 Å². The summed E-state index contributed by atoms with van der Waals surface area (Å²) in [6.45, 7) is 9.60. The van der Waals surface area contributed by atoms with Crippen LogP contribution in [0.1, 0.15) is 82.3 Å². The maximum atomic E-state index is 3.55. The Morgan fingerprint density at radius 2 is 1.59 bits per heavy atom.